The SMILES string of the molecule is Cc1ccc(-c2nc(N)c(I)c(CC(C)C)n2)o1. The van der Waals surface area contributed by atoms with Crippen molar-refractivity contribution in [2.75, 3.05) is 5.73 Å². The Morgan fingerprint density at radius 1 is 1.33 bits per heavy atom. The van der Waals surface area contributed by atoms with Crippen LogP contribution in [0.5, 0.6) is 0 Å². The van der Waals surface area contributed by atoms with E-state index in [9.17, 15) is 0 Å². The van der Waals surface area contributed by atoms with Crippen LogP contribution in [-0.4, -0.2) is 9.97 Å². The highest BCUT2D eigenvalue weighted by molar-refractivity contribution is 14.1. The largest absolute Gasteiger partial charge is 0.458 e. The van der Waals surface area contributed by atoms with Crippen LogP contribution in [0, 0.1) is 16.4 Å². The molecule has 0 amide bonds. The van der Waals surface area contributed by atoms with Crippen molar-refractivity contribution in [3.8, 4) is 11.6 Å². The third-order valence-corrected chi connectivity index (χ3v) is 3.68. The Morgan fingerprint density at radius 2 is 2.06 bits per heavy atom. The van der Waals surface area contributed by atoms with Gasteiger partial charge in [0.2, 0.25) is 0 Å². The van der Waals surface area contributed by atoms with Crippen molar-refractivity contribution in [3.05, 3.63) is 27.2 Å². The van der Waals surface area contributed by atoms with E-state index in [-0.39, 0.29) is 0 Å². The molecule has 4 nitrogen and oxygen atoms in total. The molecule has 96 valence electrons. The molecular formula is C13H16IN3O. The molecule has 0 aliphatic rings. The third-order valence-electron chi connectivity index (χ3n) is 2.51. The zero-order valence-electron chi connectivity index (χ0n) is 10.7. The standard InChI is InChI=1S/C13H16IN3O/c1-7(2)6-9-11(14)12(15)17-13(16-9)10-5-4-8(3)18-10/h4-5,7H,6H2,1-3H3,(H2,15,16,17). The van der Waals surface area contributed by atoms with Gasteiger partial charge in [-0.1, -0.05) is 13.8 Å². The van der Waals surface area contributed by atoms with Gasteiger partial charge in [-0.2, -0.15) is 0 Å². The molecule has 0 spiro atoms. The molecule has 0 saturated carbocycles. The lowest BCUT2D eigenvalue weighted by Gasteiger charge is -2.09. The van der Waals surface area contributed by atoms with E-state index in [0.29, 0.717) is 23.3 Å². The van der Waals surface area contributed by atoms with E-state index in [4.69, 9.17) is 10.2 Å². The third kappa shape index (κ3) is 2.82. The van der Waals surface area contributed by atoms with Crippen molar-refractivity contribution in [3.63, 3.8) is 0 Å². The summed E-state index contributed by atoms with van der Waals surface area (Å²) in [6, 6.07) is 3.77. The van der Waals surface area contributed by atoms with Gasteiger partial charge in [0, 0.05) is 0 Å². The van der Waals surface area contributed by atoms with E-state index in [1.807, 2.05) is 19.1 Å². The molecule has 0 aliphatic carbocycles. The number of nitrogens with two attached hydrogens (primary N) is 1. The summed E-state index contributed by atoms with van der Waals surface area (Å²) in [6.45, 7) is 6.21. The molecule has 0 saturated heterocycles. The topological polar surface area (TPSA) is 64.9 Å². The van der Waals surface area contributed by atoms with Gasteiger partial charge in [-0.25, -0.2) is 9.97 Å². The molecule has 18 heavy (non-hydrogen) atoms. The fourth-order valence-corrected chi connectivity index (χ4v) is 2.16. The summed E-state index contributed by atoms with van der Waals surface area (Å²) in [7, 11) is 0. The molecule has 0 atom stereocenters. The summed E-state index contributed by atoms with van der Waals surface area (Å²) in [5, 5.41) is 0. The van der Waals surface area contributed by atoms with Gasteiger partial charge in [-0.3, -0.25) is 0 Å². The predicted octanol–water partition coefficient (Wildman–Crippen LogP) is 3.43. The maximum absolute atomic E-state index is 5.94. The van der Waals surface area contributed by atoms with Crippen LogP contribution in [0.4, 0.5) is 5.82 Å². The van der Waals surface area contributed by atoms with Crippen LogP contribution in [0.3, 0.4) is 0 Å². The highest BCUT2D eigenvalue weighted by Crippen LogP contribution is 2.25. The zero-order valence-corrected chi connectivity index (χ0v) is 12.9. The fourth-order valence-electron chi connectivity index (χ4n) is 1.70. The van der Waals surface area contributed by atoms with E-state index in [1.165, 1.54) is 0 Å². The van der Waals surface area contributed by atoms with Crippen LogP contribution in [0.2, 0.25) is 0 Å². The average molecular weight is 357 g/mol. The normalized spacial score (nSPS) is 11.2. The van der Waals surface area contributed by atoms with Crippen molar-refractivity contribution in [1.82, 2.24) is 9.97 Å². The molecule has 0 radical (unpaired) electrons. The minimum absolute atomic E-state index is 0.519. The summed E-state index contributed by atoms with van der Waals surface area (Å²) >= 11 is 2.20. The van der Waals surface area contributed by atoms with Gasteiger partial charge in [0.15, 0.2) is 11.6 Å². The van der Waals surface area contributed by atoms with Gasteiger partial charge in [-0.15, -0.1) is 0 Å². The number of nitrogens with zero attached hydrogens (tertiary/aromatic N) is 2. The molecule has 0 aliphatic heterocycles. The van der Waals surface area contributed by atoms with Crippen LogP contribution < -0.4 is 5.73 Å². The number of aromatic nitrogens is 2. The molecule has 2 heterocycles. The highest BCUT2D eigenvalue weighted by atomic mass is 127. The Hall–Kier alpha value is -1.11. The molecular weight excluding hydrogens is 341 g/mol. The van der Waals surface area contributed by atoms with Gasteiger partial charge >= 0.3 is 0 Å². The van der Waals surface area contributed by atoms with E-state index in [0.717, 1.165) is 21.4 Å². The molecule has 0 fully saturated rings. The molecule has 0 bridgehead atoms. The number of anilines is 1. The van der Waals surface area contributed by atoms with Crippen LogP contribution >= 0.6 is 22.6 Å². The average Bonchev–Trinajstić information content (AvgIpc) is 2.70. The molecule has 0 aromatic carbocycles. The minimum Gasteiger partial charge on any atom is -0.458 e. The molecule has 5 heteroatoms. The van der Waals surface area contributed by atoms with E-state index < -0.39 is 0 Å². The maximum Gasteiger partial charge on any atom is 0.197 e. The number of nitrogen functional groups attached to an aromatic ring is 1. The van der Waals surface area contributed by atoms with Gasteiger partial charge in [0.25, 0.3) is 0 Å². The first-order valence-corrected chi connectivity index (χ1v) is 6.94. The summed E-state index contributed by atoms with van der Waals surface area (Å²) < 4.78 is 6.48. The Morgan fingerprint density at radius 3 is 2.61 bits per heavy atom. The molecule has 0 unspecified atom stereocenters. The smallest absolute Gasteiger partial charge is 0.197 e. The number of hydrogen-bond acceptors (Lipinski definition) is 4. The van der Waals surface area contributed by atoms with Gasteiger partial charge in [-0.05, 0) is 54.0 Å². The lowest BCUT2D eigenvalue weighted by molar-refractivity contribution is 0.543. The summed E-state index contributed by atoms with van der Waals surface area (Å²) in [6.07, 6.45) is 0.887. The van der Waals surface area contributed by atoms with Gasteiger partial charge in [0.1, 0.15) is 11.6 Å². The second-order valence-corrected chi connectivity index (χ2v) is 5.78. The van der Waals surface area contributed by atoms with Gasteiger partial charge in [0.05, 0.1) is 9.26 Å². The van der Waals surface area contributed by atoms with Crippen LogP contribution in [-0.2, 0) is 6.42 Å². The second-order valence-electron chi connectivity index (χ2n) is 4.70. The summed E-state index contributed by atoms with van der Waals surface area (Å²) in [4.78, 5) is 8.85. The van der Waals surface area contributed by atoms with Crippen molar-refractivity contribution in [1.29, 1.82) is 0 Å². The Labute approximate surface area is 120 Å². The molecule has 2 aromatic rings. The first-order chi connectivity index (χ1) is 8.47. The molecule has 2 aromatic heterocycles. The lowest BCUT2D eigenvalue weighted by atomic mass is 10.1. The number of halogens is 1. The number of rotatable bonds is 3. The zero-order chi connectivity index (χ0) is 13.3. The number of hydrogen-bond donors (Lipinski definition) is 1. The minimum atomic E-state index is 0.519. The Kier molecular flexibility index (Phi) is 3.89. The highest BCUT2D eigenvalue weighted by Gasteiger charge is 2.14. The molecule has 2 N–H and O–H groups in total. The van der Waals surface area contributed by atoms with E-state index in [1.54, 1.807) is 0 Å². The fraction of sp³-hybridized carbons (Fsp3) is 0.385. The van der Waals surface area contributed by atoms with Crippen molar-refractivity contribution < 1.29 is 4.42 Å². The maximum atomic E-state index is 5.94. The van der Waals surface area contributed by atoms with Crippen molar-refractivity contribution >= 4 is 28.4 Å². The Balaban J connectivity index is 2.46. The first kappa shape index (κ1) is 13.3. The van der Waals surface area contributed by atoms with Crippen LogP contribution in [0.25, 0.3) is 11.6 Å². The van der Waals surface area contributed by atoms with Gasteiger partial charge < -0.3 is 10.2 Å². The monoisotopic (exact) mass is 357 g/mol. The number of aryl methyl sites for hydroxylation is 1. The lowest BCUT2D eigenvalue weighted by Crippen LogP contribution is -2.07. The summed E-state index contributed by atoms with van der Waals surface area (Å²) in [5.41, 5.74) is 6.93. The van der Waals surface area contributed by atoms with E-state index >= 15 is 0 Å². The van der Waals surface area contributed by atoms with Crippen molar-refractivity contribution in [2.45, 2.75) is 27.2 Å². The van der Waals surface area contributed by atoms with Crippen LogP contribution in [0.1, 0.15) is 25.3 Å². The van der Waals surface area contributed by atoms with E-state index in [2.05, 4.69) is 46.4 Å². The Bertz CT molecular complexity index is 563. The quantitative estimate of drug-likeness (QED) is 0.855. The first-order valence-electron chi connectivity index (χ1n) is 5.86. The van der Waals surface area contributed by atoms with Crippen LogP contribution in [0.15, 0.2) is 16.5 Å². The molecule has 2 rings (SSSR count). The predicted molar refractivity (Wildman–Crippen MR) is 80.1 cm³/mol. The number of furan rings is 1. The van der Waals surface area contributed by atoms with Crippen molar-refractivity contribution in [2.24, 2.45) is 5.92 Å². The second kappa shape index (κ2) is 5.26. The summed E-state index contributed by atoms with van der Waals surface area (Å²) in [5.74, 6) is 3.12.